The summed E-state index contributed by atoms with van der Waals surface area (Å²) in [5.41, 5.74) is 0.0700. The van der Waals surface area contributed by atoms with Crippen molar-refractivity contribution in [3.63, 3.8) is 0 Å². The Kier molecular flexibility index (Phi) is 11.0. The van der Waals surface area contributed by atoms with E-state index < -0.39 is 5.82 Å². The maximum Gasteiger partial charge on any atom is 0.144 e. The summed E-state index contributed by atoms with van der Waals surface area (Å²) in [5, 5.41) is 8.76. The third kappa shape index (κ3) is 8.63. The van der Waals surface area contributed by atoms with Gasteiger partial charge in [-0.15, -0.1) is 0 Å². The van der Waals surface area contributed by atoms with E-state index in [-0.39, 0.29) is 5.56 Å². The largest absolute Gasteiger partial charge is 0.493 e. The van der Waals surface area contributed by atoms with Gasteiger partial charge in [0.05, 0.1) is 12.2 Å². The molecule has 0 bridgehead atoms. The molecule has 0 radical (unpaired) electrons. The van der Waals surface area contributed by atoms with Crippen molar-refractivity contribution < 1.29 is 9.13 Å². The van der Waals surface area contributed by atoms with E-state index in [4.69, 9.17) is 10.00 Å². The maximum absolute atomic E-state index is 13.6. The molecule has 1 saturated carbocycles. The predicted molar refractivity (Wildman–Crippen MR) is 114 cm³/mol. The minimum atomic E-state index is -0.501. The van der Waals surface area contributed by atoms with Gasteiger partial charge >= 0.3 is 0 Å². The van der Waals surface area contributed by atoms with Gasteiger partial charge in [-0.3, -0.25) is 0 Å². The Hall–Kier alpha value is -1.56. The van der Waals surface area contributed by atoms with E-state index in [0.717, 1.165) is 18.3 Å². The fourth-order valence-electron chi connectivity index (χ4n) is 4.44. The molecule has 0 spiro atoms. The Morgan fingerprint density at radius 3 is 2.14 bits per heavy atom. The number of unbranched alkanes of at least 4 members (excludes halogenated alkanes) is 6. The first-order valence-corrected chi connectivity index (χ1v) is 11.6. The molecule has 3 heteroatoms. The Morgan fingerprint density at radius 2 is 1.54 bits per heavy atom. The van der Waals surface area contributed by atoms with E-state index in [2.05, 4.69) is 6.92 Å². The van der Waals surface area contributed by atoms with E-state index in [0.29, 0.717) is 12.4 Å². The highest BCUT2D eigenvalue weighted by Crippen LogP contribution is 2.34. The Morgan fingerprint density at radius 1 is 0.929 bits per heavy atom. The number of benzene rings is 1. The third-order valence-electron chi connectivity index (χ3n) is 6.27. The van der Waals surface area contributed by atoms with Gasteiger partial charge in [-0.2, -0.15) is 5.26 Å². The average molecular weight is 388 g/mol. The normalized spacial score (nSPS) is 19.3. The lowest BCUT2D eigenvalue weighted by molar-refractivity contribution is 0.227. The van der Waals surface area contributed by atoms with Crippen molar-refractivity contribution in [2.75, 3.05) is 6.61 Å². The number of nitrogens with zero attached hydrogens (tertiary/aromatic N) is 1. The second-order valence-corrected chi connectivity index (χ2v) is 8.54. The number of nitriles is 1. The van der Waals surface area contributed by atoms with Gasteiger partial charge in [-0.25, -0.2) is 4.39 Å². The summed E-state index contributed by atoms with van der Waals surface area (Å²) in [6, 6.07) is 6.31. The summed E-state index contributed by atoms with van der Waals surface area (Å²) in [6.07, 6.45) is 19.1. The molecule has 1 aliphatic rings. The first kappa shape index (κ1) is 22.7. The molecule has 1 aliphatic carbocycles. The molecule has 0 saturated heterocycles. The van der Waals surface area contributed by atoms with Crippen molar-refractivity contribution in [1.29, 1.82) is 5.26 Å². The molecule has 156 valence electrons. The van der Waals surface area contributed by atoms with E-state index in [1.54, 1.807) is 6.07 Å². The fraction of sp³-hybridized carbons (Fsp3) is 0.720. The summed E-state index contributed by atoms with van der Waals surface area (Å²) in [4.78, 5) is 0. The molecule has 1 aromatic rings. The van der Waals surface area contributed by atoms with E-state index >= 15 is 0 Å². The lowest BCUT2D eigenvalue weighted by atomic mass is 9.78. The predicted octanol–water partition coefficient (Wildman–Crippen LogP) is 7.80. The van der Waals surface area contributed by atoms with Crippen LogP contribution in [0.1, 0.15) is 102 Å². The zero-order valence-corrected chi connectivity index (χ0v) is 17.7. The number of halogens is 1. The zero-order valence-electron chi connectivity index (χ0n) is 17.7. The molecule has 0 aliphatic heterocycles. The number of ether oxygens (including phenoxy) is 1. The van der Waals surface area contributed by atoms with Crippen LogP contribution in [0.25, 0.3) is 0 Å². The maximum atomic E-state index is 13.6. The van der Waals surface area contributed by atoms with Crippen LogP contribution in [0.15, 0.2) is 18.2 Å². The first-order chi connectivity index (χ1) is 13.7. The van der Waals surface area contributed by atoms with Crippen LogP contribution in [0.3, 0.4) is 0 Å². The minimum Gasteiger partial charge on any atom is -0.493 e. The van der Waals surface area contributed by atoms with Crippen molar-refractivity contribution in [3.8, 4) is 11.8 Å². The Balaban J connectivity index is 1.49. The van der Waals surface area contributed by atoms with Gasteiger partial charge in [0.2, 0.25) is 0 Å². The van der Waals surface area contributed by atoms with Crippen molar-refractivity contribution in [3.05, 3.63) is 29.6 Å². The quantitative estimate of drug-likeness (QED) is 0.323. The molecule has 1 fully saturated rings. The van der Waals surface area contributed by atoms with Crippen LogP contribution in [0.2, 0.25) is 0 Å². The molecule has 0 N–H and O–H groups in total. The van der Waals surface area contributed by atoms with Gasteiger partial charge in [-0.1, -0.05) is 84.0 Å². The zero-order chi connectivity index (χ0) is 20.0. The fourth-order valence-corrected chi connectivity index (χ4v) is 4.44. The van der Waals surface area contributed by atoms with Crippen LogP contribution >= 0.6 is 0 Å². The van der Waals surface area contributed by atoms with Crippen molar-refractivity contribution in [1.82, 2.24) is 0 Å². The van der Waals surface area contributed by atoms with Crippen LogP contribution in [0, 0.1) is 29.0 Å². The smallest absolute Gasteiger partial charge is 0.144 e. The van der Waals surface area contributed by atoms with E-state index in [1.807, 2.05) is 6.07 Å². The van der Waals surface area contributed by atoms with Crippen molar-refractivity contribution in [2.45, 2.75) is 96.8 Å². The summed E-state index contributed by atoms with van der Waals surface area (Å²) in [7, 11) is 0. The second kappa shape index (κ2) is 13.6. The third-order valence-corrected chi connectivity index (χ3v) is 6.27. The van der Waals surface area contributed by atoms with Gasteiger partial charge in [0.15, 0.2) is 0 Å². The first-order valence-electron chi connectivity index (χ1n) is 11.6. The Labute approximate surface area is 171 Å². The molecule has 0 heterocycles. The number of hydrogen-bond donors (Lipinski definition) is 0. The van der Waals surface area contributed by atoms with Gasteiger partial charge in [0.1, 0.15) is 17.6 Å². The van der Waals surface area contributed by atoms with Crippen LogP contribution < -0.4 is 4.74 Å². The van der Waals surface area contributed by atoms with Crippen LogP contribution in [0.4, 0.5) is 4.39 Å². The Bertz CT molecular complexity index is 587. The van der Waals surface area contributed by atoms with Gasteiger partial charge < -0.3 is 4.74 Å². The second-order valence-electron chi connectivity index (χ2n) is 8.54. The van der Waals surface area contributed by atoms with Crippen LogP contribution in [-0.2, 0) is 0 Å². The summed E-state index contributed by atoms with van der Waals surface area (Å²) in [5.74, 6) is 1.82. The van der Waals surface area contributed by atoms with Gasteiger partial charge in [-0.05, 0) is 36.8 Å². The molecule has 0 amide bonds. The lowest BCUT2D eigenvalue weighted by Gasteiger charge is -2.28. The van der Waals surface area contributed by atoms with Gasteiger partial charge in [0, 0.05) is 6.07 Å². The summed E-state index contributed by atoms with van der Waals surface area (Å²) in [6.45, 7) is 2.91. The molecule has 0 unspecified atom stereocenters. The van der Waals surface area contributed by atoms with Gasteiger partial charge in [0.25, 0.3) is 0 Å². The molecule has 28 heavy (non-hydrogen) atoms. The minimum absolute atomic E-state index is 0.0700. The average Bonchev–Trinajstić information content (AvgIpc) is 2.71. The standard InChI is InChI=1S/C25H38FNO/c1-2-3-4-5-6-7-8-10-21-12-14-22(15-13-21)11-9-18-28-24-17-16-23(20-27)25(26)19-24/h16-17,19,21-22H,2-15,18H2,1H3/t21-,22-. The highest BCUT2D eigenvalue weighted by molar-refractivity contribution is 5.36. The topological polar surface area (TPSA) is 33.0 Å². The molecule has 0 aromatic heterocycles. The summed E-state index contributed by atoms with van der Waals surface area (Å²) >= 11 is 0. The van der Waals surface area contributed by atoms with E-state index in [1.165, 1.54) is 95.6 Å². The van der Waals surface area contributed by atoms with Crippen molar-refractivity contribution >= 4 is 0 Å². The molecular formula is C25H38FNO. The number of rotatable bonds is 13. The highest BCUT2D eigenvalue weighted by atomic mass is 19.1. The molecule has 2 nitrogen and oxygen atoms in total. The molecule has 0 atom stereocenters. The highest BCUT2D eigenvalue weighted by Gasteiger charge is 2.20. The monoisotopic (exact) mass is 387 g/mol. The van der Waals surface area contributed by atoms with Crippen molar-refractivity contribution in [2.24, 2.45) is 11.8 Å². The number of hydrogen-bond acceptors (Lipinski definition) is 2. The van der Waals surface area contributed by atoms with Crippen LogP contribution in [-0.4, -0.2) is 6.61 Å². The lowest BCUT2D eigenvalue weighted by Crippen LogP contribution is -2.15. The molecular weight excluding hydrogens is 349 g/mol. The molecule has 2 rings (SSSR count). The summed E-state index contributed by atoms with van der Waals surface area (Å²) < 4.78 is 19.2. The SMILES string of the molecule is CCCCCCCCC[C@H]1CC[C@H](CCCOc2ccc(C#N)c(F)c2)CC1. The molecule has 1 aromatic carbocycles. The van der Waals surface area contributed by atoms with E-state index in [9.17, 15) is 4.39 Å². The van der Waals surface area contributed by atoms with Crippen LogP contribution in [0.5, 0.6) is 5.75 Å².